The minimum absolute atomic E-state index is 0.0686. The number of alkyl halides is 3. The van der Waals surface area contributed by atoms with Crippen molar-refractivity contribution in [3.63, 3.8) is 0 Å². The van der Waals surface area contributed by atoms with Gasteiger partial charge in [0.15, 0.2) is 0 Å². The number of rotatable bonds is 4. The second-order valence-corrected chi connectivity index (χ2v) is 4.59. The summed E-state index contributed by atoms with van der Waals surface area (Å²) in [5, 5.41) is 0.965. The van der Waals surface area contributed by atoms with Crippen molar-refractivity contribution in [1.82, 2.24) is 10.4 Å². The van der Waals surface area contributed by atoms with E-state index in [1.807, 2.05) is 0 Å². The van der Waals surface area contributed by atoms with Crippen molar-refractivity contribution < 1.29 is 22.7 Å². The number of ether oxygens (including phenoxy) is 1. The van der Waals surface area contributed by atoms with Gasteiger partial charge in [-0.25, -0.2) is 5.01 Å². The molecule has 0 spiro atoms. The normalized spacial score (nSPS) is 17.9. The van der Waals surface area contributed by atoms with Crippen molar-refractivity contribution in [2.24, 2.45) is 0 Å². The van der Waals surface area contributed by atoms with Crippen LogP contribution in [0.5, 0.6) is 5.75 Å². The zero-order valence-corrected chi connectivity index (χ0v) is 10.9. The molecule has 0 bridgehead atoms. The highest BCUT2D eigenvalue weighted by Crippen LogP contribution is 2.28. The topological polar surface area (TPSA) is 41.6 Å². The SMILES string of the molecule is COc1ccc(CC(N2CCC(=O)N2)C(F)(F)F)cc1. The molecule has 0 aliphatic carbocycles. The molecular formula is C13H15F3N2O2. The molecule has 4 nitrogen and oxygen atoms in total. The predicted molar refractivity (Wildman–Crippen MR) is 66.0 cm³/mol. The summed E-state index contributed by atoms with van der Waals surface area (Å²) in [7, 11) is 1.49. The number of hydrazine groups is 1. The average Bonchev–Trinajstić information content (AvgIpc) is 2.81. The maximum absolute atomic E-state index is 13.1. The van der Waals surface area contributed by atoms with Crippen LogP contribution < -0.4 is 10.2 Å². The lowest BCUT2D eigenvalue weighted by Gasteiger charge is -2.29. The Morgan fingerprint density at radius 3 is 2.45 bits per heavy atom. The van der Waals surface area contributed by atoms with E-state index in [0.717, 1.165) is 5.01 Å². The molecule has 2 rings (SSSR count). The minimum Gasteiger partial charge on any atom is -0.497 e. The smallest absolute Gasteiger partial charge is 0.406 e. The van der Waals surface area contributed by atoms with E-state index in [1.165, 1.54) is 7.11 Å². The van der Waals surface area contributed by atoms with Crippen LogP contribution in [0, 0.1) is 0 Å². The second-order valence-electron chi connectivity index (χ2n) is 4.59. The van der Waals surface area contributed by atoms with Crippen LogP contribution in [0.4, 0.5) is 13.2 Å². The van der Waals surface area contributed by atoms with Crippen LogP contribution in [-0.4, -0.2) is 36.8 Å². The van der Waals surface area contributed by atoms with E-state index in [0.29, 0.717) is 11.3 Å². The van der Waals surface area contributed by atoms with Crippen LogP contribution >= 0.6 is 0 Å². The molecule has 1 unspecified atom stereocenters. The highest BCUT2D eigenvalue weighted by molar-refractivity contribution is 5.77. The molecule has 7 heteroatoms. The van der Waals surface area contributed by atoms with Crippen LogP contribution in [0.2, 0.25) is 0 Å². The van der Waals surface area contributed by atoms with Gasteiger partial charge in [-0.2, -0.15) is 13.2 Å². The van der Waals surface area contributed by atoms with E-state index in [1.54, 1.807) is 24.3 Å². The number of nitrogens with one attached hydrogen (secondary N) is 1. The summed E-state index contributed by atoms with van der Waals surface area (Å²) < 4.78 is 44.3. The van der Waals surface area contributed by atoms with Crippen molar-refractivity contribution in [2.75, 3.05) is 13.7 Å². The Kier molecular flexibility index (Phi) is 4.17. The largest absolute Gasteiger partial charge is 0.497 e. The third-order valence-corrected chi connectivity index (χ3v) is 3.19. The van der Waals surface area contributed by atoms with Crippen LogP contribution in [0.1, 0.15) is 12.0 Å². The van der Waals surface area contributed by atoms with Crippen LogP contribution in [0.15, 0.2) is 24.3 Å². The van der Waals surface area contributed by atoms with Gasteiger partial charge in [-0.15, -0.1) is 0 Å². The molecule has 110 valence electrons. The number of nitrogens with zero attached hydrogens (tertiary/aromatic N) is 1. The number of halogens is 3. The summed E-state index contributed by atoms with van der Waals surface area (Å²) in [5.74, 6) is 0.209. The first-order chi connectivity index (χ1) is 9.40. The molecule has 1 N–H and O–H groups in total. The van der Waals surface area contributed by atoms with Gasteiger partial charge in [0.05, 0.1) is 7.11 Å². The van der Waals surface area contributed by atoms with Gasteiger partial charge in [-0.1, -0.05) is 12.1 Å². The monoisotopic (exact) mass is 288 g/mol. The van der Waals surface area contributed by atoms with Gasteiger partial charge in [-0.3, -0.25) is 10.2 Å². The van der Waals surface area contributed by atoms with Gasteiger partial charge in [0, 0.05) is 13.0 Å². The first kappa shape index (κ1) is 14.6. The van der Waals surface area contributed by atoms with Crippen molar-refractivity contribution in [2.45, 2.75) is 25.1 Å². The molecule has 1 aromatic rings. The first-order valence-electron chi connectivity index (χ1n) is 6.16. The summed E-state index contributed by atoms with van der Waals surface area (Å²) in [4.78, 5) is 11.1. The molecule has 1 aromatic carbocycles. The Bertz CT molecular complexity index is 473. The molecule has 1 heterocycles. The average molecular weight is 288 g/mol. The standard InChI is InChI=1S/C13H15F3N2O2/c1-20-10-4-2-9(3-5-10)8-11(13(14,15)16)18-7-6-12(19)17-18/h2-5,11H,6-8H2,1H3,(H,17,19). The highest BCUT2D eigenvalue weighted by atomic mass is 19.4. The van der Waals surface area contributed by atoms with E-state index >= 15 is 0 Å². The third-order valence-electron chi connectivity index (χ3n) is 3.19. The Morgan fingerprint density at radius 1 is 1.35 bits per heavy atom. The molecule has 1 aliphatic heterocycles. The molecule has 20 heavy (non-hydrogen) atoms. The second kappa shape index (κ2) is 5.70. The highest BCUT2D eigenvalue weighted by Gasteiger charge is 2.45. The van der Waals surface area contributed by atoms with Gasteiger partial charge in [-0.05, 0) is 24.1 Å². The summed E-state index contributed by atoms with van der Waals surface area (Å²) in [6.45, 7) is 0.0686. The lowest BCUT2D eigenvalue weighted by Crippen LogP contribution is -2.51. The zero-order chi connectivity index (χ0) is 14.8. The van der Waals surface area contributed by atoms with Gasteiger partial charge in [0.25, 0.3) is 0 Å². The van der Waals surface area contributed by atoms with E-state index in [2.05, 4.69) is 5.43 Å². The lowest BCUT2D eigenvalue weighted by atomic mass is 10.0. The number of amides is 1. The fraction of sp³-hybridized carbons (Fsp3) is 0.462. The third kappa shape index (κ3) is 3.41. The van der Waals surface area contributed by atoms with E-state index in [-0.39, 0.29) is 25.3 Å². The number of methoxy groups -OCH3 is 1. The number of hydrogen-bond donors (Lipinski definition) is 1. The van der Waals surface area contributed by atoms with Crippen LogP contribution in [-0.2, 0) is 11.2 Å². The molecule has 1 atom stereocenters. The number of benzene rings is 1. The summed E-state index contributed by atoms with van der Waals surface area (Å²) >= 11 is 0. The Balaban J connectivity index is 2.13. The molecule has 1 aliphatic rings. The summed E-state index contributed by atoms with van der Waals surface area (Å²) in [6.07, 6.45) is -4.53. The van der Waals surface area contributed by atoms with Gasteiger partial charge >= 0.3 is 6.18 Å². The van der Waals surface area contributed by atoms with Gasteiger partial charge in [0.2, 0.25) is 5.91 Å². The zero-order valence-electron chi connectivity index (χ0n) is 10.9. The number of carbonyl (C=O) groups is 1. The fourth-order valence-corrected chi connectivity index (χ4v) is 2.12. The first-order valence-corrected chi connectivity index (χ1v) is 6.16. The van der Waals surface area contributed by atoms with E-state index < -0.39 is 12.2 Å². The van der Waals surface area contributed by atoms with E-state index in [4.69, 9.17) is 4.74 Å². The van der Waals surface area contributed by atoms with Gasteiger partial charge in [0.1, 0.15) is 11.8 Å². The Hall–Kier alpha value is -1.76. The van der Waals surface area contributed by atoms with Crippen LogP contribution in [0.25, 0.3) is 0 Å². The van der Waals surface area contributed by atoms with Crippen molar-refractivity contribution in [3.05, 3.63) is 29.8 Å². The van der Waals surface area contributed by atoms with Crippen molar-refractivity contribution in [3.8, 4) is 5.75 Å². The molecule has 1 fully saturated rings. The molecule has 0 aromatic heterocycles. The summed E-state index contributed by atoms with van der Waals surface area (Å²) in [5.41, 5.74) is 2.79. The Labute approximate surface area is 114 Å². The molecule has 0 saturated carbocycles. The quantitative estimate of drug-likeness (QED) is 0.920. The van der Waals surface area contributed by atoms with Gasteiger partial charge < -0.3 is 4.74 Å². The predicted octanol–water partition coefficient (Wildman–Crippen LogP) is 1.91. The van der Waals surface area contributed by atoms with Crippen molar-refractivity contribution >= 4 is 5.91 Å². The lowest BCUT2D eigenvalue weighted by molar-refractivity contribution is -0.187. The van der Waals surface area contributed by atoms with Crippen molar-refractivity contribution in [1.29, 1.82) is 0 Å². The number of hydrogen-bond acceptors (Lipinski definition) is 3. The molecular weight excluding hydrogens is 273 g/mol. The molecule has 0 radical (unpaired) electrons. The summed E-state index contributed by atoms with van der Waals surface area (Å²) in [6, 6.07) is 4.70. The minimum atomic E-state index is -4.41. The molecule has 1 saturated heterocycles. The number of carbonyl (C=O) groups excluding carboxylic acids is 1. The fourth-order valence-electron chi connectivity index (χ4n) is 2.12. The maximum atomic E-state index is 13.1. The molecule has 1 amide bonds. The maximum Gasteiger partial charge on any atom is 0.406 e. The van der Waals surface area contributed by atoms with Crippen LogP contribution in [0.3, 0.4) is 0 Å². The van der Waals surface area contributed by atoms with E-state index in [9.17, 15) is 18.0 Å². The Morgan fingerprint density at radius 2 is 2.00 bits per heavy atom.